The van der Waals surface area contributed by atoms with Gasteiger partial charge >= 0.3 is 0 Å². The maximum Gasteiger partial charge on any atom is 0.223 e. The first kappa shape index (κ1) is 17.8. The molecule has 0 radical (unpaired) electrons. The highest BCUT2D eigenvalue weighted by Crippen LogP contribution is 2.58. The molecule has 2 heterocycles. The molecule has 3 fully saturated rings. The third-order valence-corrected chi connectivity index (χ3v) is 6.66. The zero-order valence-corrected chi connectivity index (χ0v) is 15.8. The lowest BCUT2D eigenvalue weighted by atomic mass is 9.91. The molecule has 1 saturated carbocycles. The Morgan fingerprint density at radius 2 is 1.96 bits per heavy atom. The third-order valence-electron chi connectivity index (χ3n) is 6.66. The molecule has 1 amide bonds. The molecule has 26 heavy (non-hydrogen) atoms. The van der Waals surface area contributed by atoms with Crippen molar-refractivity contribution in [3.05, 3.63) is 29.8 Å². The highest BCUT2D eigenvalue weighted by molar-refractivity contribution is 5.82. The quantitative estimate of drug-likeness (QED) is 0.821. The summed E-state index contributed by atoms with van der Waals surface area (Å²) in [5.74, 6) is 1.38. The third kappa shape index (κ3) is 3.60. The summed E-state index contributed by atoms with van der Waals surface area (Å²) in [4.78, 5) is 15.3. The van der Waals surface area contributed by atoms with E-state index < -0.39 is 0 Å². The van der Waals surface area contributed by atoms with E-state index in [9.17, 15) is 4.79 Å². The molecular formula is C21H31N3O2. The van der Waals surface area contributed by atoms with Gasteiger partial charge in [0.1, 0.15) is 5.75 Å². The first-order chi connectivity index (χ1) is 12.7. The lowest BCUT2D eigenvalue weighted by Crippen LogP contribution is -2.39. The van der Waals surface area contributed by atoms with E-state index in [0.717, 1.165) is 51.2 Å². The van der Waals surface area contributed by atoms with Crippen LogP contribution < -0.4 is 15.4 Å². The van der Waals surface area contributed by atoms with Crippen LogP contribution in [0.15, 0.2) is 24.3 Å². The van der Waals surface area contributed by atoms with Crippen LogP contribution in [0.5, 0.6) is 5.75 Å². The molecular weight excluding hydrogens is 326 g/mol. The number of benzene rings is 1. The fourth-order valence-corrected chi connectivity index (χ4v) is 4.85. The minimum Gasteiger partial charge on any atom is -0.497 e. The van der Waals surface area contributed by atoms with E-state index in [1.54, 1.807) is 7.11 Å². The molecule has 5 nitrogen and oxygen atoms in total. The molecule has 4 rings (SSSR count). The van der Waals surface area contributed by atoms with Gasteiger partial charge in [0.25, 0.3) is 0 Å². The SMILES string of the molecule is COc1ccc(C(CNC(=O)C2CC23CCNCC3)N2CCCC2)cc1. The Morgan fingerprint density at radius 3 is 2.62 bits per heavy atom. The van der Waals surface area contributed by atoms with Crippen molar-refractivity contribution < 1.29 is 9.53 Å². The number of likely N-dealkylation sites (tertiary alicyclic amines) is 1. The summed E-state index contributed by atoms with van der Waals surface area (Å²) in [6, 6.07) is 8.57. The van der Waals surface area contributed by atoms with Crippen molar-refractivity contribution in [3.63, 3.8) is 0 Å². The van der Waals surface area contributed by atoms with Crippen LogP contribution >= 0.6 is 0 Å². The van der Waals surface area contributed by atoms with Gasteiger partial charge in [-0.1, -0.05) is 12.1 Å². The number of methoxy groups -OCH3 is 1. The summed E-state index contributed by atoms with van der Waals surface area (Å²) < 4.78 is 5.29. The van der Waals surface area contributed by atoms with Crippen molar-refractivity contribution >= 4 is 5.91 Å². The molecule has 1 aromatic carbocycles. The number of rotatable bonds is 6. The van der Waals surface area contributed by atoms with Gasteiger partial charge in [0.15, 0.2) is 0 Å². The molecule has 2 aliphatic heterocycles. The molecule has 2 N–H and O–H groups in total. The fourth-order valence-electron chi connectivity index (χ4n) is 4.85. The number of carbonyl (C=O) groups is 1. The number of piperidine rings is 1. The summed E-state index contributed by atoms with van der Waals surface area (Å²) in [6.45, 7) is 5.06. The predicted octanol–water partition coefficient (Wildman–Crippen LogP) is 2.34. The molecule has 0 bridgehead atoms. The minimum atomic E-state index is 0.236. The van der Waals surface area contributed by atoms with E-state index in [2.05, 4.69) is 27.7 Å². The van der Waals surface area contributed by atoms with E-state index in [4.69, 9.17) is 4.74 Å². The average molecular weight is 357 g/mol. The predicted molar refractivity (Wildman–Crippen MR) is 102 cm³/mol. The number of ether oxygens (including phenoxy) is 1. The molecule has 2 atom stereocenters. The molecule has 1 aliphatic carbocycles. The Hall–Kier alpha value is -1.59. The van der Waals surface area contributed by atoms with Crippen molar-refractivity contribution in [1.29, 1.82) is 0 Å². The van der Waals surface area contributed by atoms with E-state index in [-0.39, 0.29) is 17.9 Å². The first-order valence-electron chi connectivity index (χ1n) is 10.1. The van der Waals surface area contributed by atoms with Crippen molar-refractivity contribution in [2.24, 2.45) is 11.3 Å². The molecule has 1 aromatic rings. The topological polar surface area (TPSA) is 53.6 Å². The Kier molecular flexibility index (Phi) is 5.18. The maximum atomic E-state index is 12.8. The van der Waals surface area contributed by atoms with Gasteiger partial charge in [-0.2, -0.15) is 0 Å². The van der Waals surface area contributed by atoms with Crippen LogP contribution in [0.25, 0.3) is 0 Å². The number of hydrogen-bond donors (Lipinski definition) is 2. The van der Waals surface area contributed by atoms with Gasteiger partial charge in [0.05, 0.1) is 13.2 Å². The highest BCUT2D eigenvalue weighted by atomic mass is 16.5. The number of nitrogens with zero attached hydrogens (tertiary/aromatic N) is 1. The number of carbonyl (C=O) groups excluding carboxylic acids is 1. The molecule has 3 aliphatic rings. The van der Waals surface area contributed by atoms with Crippen LogP contribution in [0.2, 0.25) is 0 Å². The van der Waals surface area contributed by atoms with Gasteiger partial charge in [-0.15, -0.1) is 0 Å². The standard InChI is InChI=1S/C21H31N3O2/c1-26-17-6-4-16(5-7-17)19(24-12-2-3-13-24)15-23-20(25)18-14-21(18)8-10-22-11-9-21/h4-7,18-19,22H,2-3,8-15H2,1H3,(H,23,25). The molecule has 0 aromatic heterocycles. The van der Waals surface area contributed by atoms with Crippen LogP contribution in [0.3, 0.4) is 0 Å². The van der Waals surface area contributed by atoms with Crippen molar-refractivity contribution in [3.8, 4) is 5.75 Å². The summed E-state index contributed by atoms with van der Waals surface area (Å²) in [5, 5.41) is 6.70. The average Bonchev–Trinajstić information content (AvgIpc) is 3.11. The second-order valence-electron chi connectivity index (χ2n) is 8.15. The van der Waals surface area contributed by atoms with Crippen LogP contribution in [0.4, 0.5) is 0 Å². The normalized spacial score (nSPS) is 25.8. The molecule has 142 valence electrons. The monoisotopic (exact) mass is 357 g/mol. The minimum absolute atomic E-state index is 0.236. The Bertz CT molecular complexity index is 619. The van der Waals surface area contributed by atoms with Crippen LogP contribution in [-0.4, -0.2) is 50.6 Å². The number of nitrogens with one attached hydrogen (secondary N) is 2. The highest BCUT2D eigenvalue weighted by Gasteiger charge is 2.57. The fraction of sp³-hybridized carbons (Fsp3) is 0.667. The summed E-state index contributed by atoms with van der Waals surface area (Å²) >= 11 is 0. The van der Waals surface area contributed by atoms with Gasteiger partial charge in [-0.05, 0) is 81.4 Å². The molecule has 1 spiro atoms. The summed E-state index contributed by atoms with van der Waals surface area (Å²) in [5.41, 5.74) is 1.57. The smallest absolute Gasteiger partial charge is 0.223 e. The van der Waals surface area contributed by atoms with Gasteiger partial charge < -0.3 is 15.4 Å². The second kappa shape index (κ2) is 7.57. The largest absolute Gasteiger partial charge is 0.497 e. The van der Waals surface area contributed by atoms with Crippen molar-refractivity contribution in [1.82, 2.24) is 15.5 Å². The van der Waals surface area contributed by atoms with Gasteiger partial charge in [0.2, 0.25) is 5.91 Å². The lowest BCUT2D eigenvalue weighted by molar-refractivity contribution is -0.123. The van der Waals surface area contributed by atoms with Gasteiger partial charge in [-0.25, -0.2) is 0 Å². The molecule has 2 saturated heterocycles. The lowest BCUT2D eigenvalue weighted by Gasteiger charge is -2.29. The zero-order chi connectivity index (χ0) is 18.0. The molecule has 5 heteroatoms. The Labute approximate surface area is 156 Å². The van der Waals surface area contributed by atoms with Crippen LogP contribution in [-0.2, 0) is 4.79 Å². The van der Waals surface area contributed by atoms with Crippen LogP contribution in [0.1, 0.15) is 43.7 Å². The Morgan fingerprint density at radius 1 is 1.27 bits per heavy atom. The summed E-state index contributed by atoms with van der Waals surface area (Å²) in [7, 11) is 1.69. The zero-order valence-electron chi connectivity index (χ0n) is 15.8. The van der Waals surface area contributed by atoms with E-state index in [0.29, 0.717) is 12.0 Å². The second-order valence-corrected chi connectivity index (χ2v) is 8.15. The first-order valence-corrected chi connectivity index (χ1v) is 10.1. The summed E-state index contributed by atoms with van der Waals surface area (Å²) in [6.07, 6.45) is 5.88. The van der Waals surface area contributed by atoms with Crippen molar-refractivity contribution in [2.45, 2.75) is 38.1 Å². The maximum absolute atomic E-state index is 12.8. The van der Waals surface area contributed by atoms with E-state index in [1.807, 2.05) is 12.1 Å². The van der Waals surface area contributed by atoms with Crippen LogP contribution in [0, 0.1) is 11.3 Å². The van der Waals surface area contributed by atoms with Gasteiger partial charge in [0, 0.05) is 12.5 Å². The van der Waals surface area contributed by atoms with Gasteiger partial charge in [-0.3, -0.25) is 9.69 Å². The molecule has 2 unspecified atom stereocenters. The Balaban J connectivity index is 1.39. The van der Waals surface area contributed by atoms with Crippen molar-refractivity contribution in [2.75, 3.05) is 39.8 Å². The van der Waals surface area contributed by atoms with E-state index in [1.165, 1.54) is 18.4 Å². The number of hydrogen-bond acceptors (Lipinski definition) is 4. The number of amides is 1. The van der Waals surface area contributed by atoms with E-state index >= 15 is 0 Å².